The van der Waals surface area contributed by atoms with E-state index in [9.17, 15) is 0 Å². The van der Waals surface area contributed by atoms with Crippen LogP contribution in [-0.4, -0.2) is 0 Å². The minimum atomic E-state index is 0.315. The maximum absolute atomic E-state index is 3.90. The molecular formula is C32H46. The number of allylic oxidation sites excluding steroid dienone is 11. The predicted octanol–water partition coefficient (Wildman–Crippen LogP) is 10.2. The first-order valence-corrected chi connectivity index (χ1v) is 12.1. The van der Waals surface area contributed by atoms with Crippen molar-refractivity contribution in [2.24, 2.45) is 5.41 Å². The summed E-state index contributed by atoms with van der Waals surface area (Å²) in [6.07, 6.45) is 16.9. The van der Waals surface area contributed by atoms with E-state index < -0.39 is 0 Å². The van der Waals surface area contributed by atoms with Crippen molar-refractivity contribution in [3.8, 4) is 0 Å². The lowest BCUT2D eigenvalue weighted by atomic mass is 9.72. The lowest BCUT2D eigenvalue weighted by molar-refractivity contribution is 0.377. The van der Waals surface area contributed by atoms with E-state index in [0.717, 1.165) is 5.57 Å². The van der Waals surface area contributed by atoms with Gasteiger partial charge in [-0.15, -0.1) is 0 Å². The summed E-state index contributed by atoms with van der Waals surface area (Å²) in [5.41, 5.74) is 9.74. The van der Waals surface area contributed by atoms with Gasteiger partial charge in [-0.05, 0) is 76.4 Å². The van der Waals surface area contributed by atoms with E-state index >= 15 is 0 Å². The normalized spacial score (nSPS) is 17.2. The lowest BCUT2D eigenvalue weighted by Crippen LogP contribution is -2.19. The second-order valence-corrected chi connectivity index (χ2v) is 10.3. The highest BCUT2D eigenvalue weighted by Crippen LogP contribution is 2.40. The molecule has 0 nitrogen and oxygen atoms in total. The molecule has 0 spiro atoms. The van der Waals surface area contributed by atoms with E-state index in [1.165, 1.54) is 47.1 Å². The Kier molecular flexibility index (Phi) is 11.5. The number of rotatable bonds is 6. The first-order valence-electron chi connectivity index (χ1n) is 12.1. The summed E-state index contributed by atoms with van der Waals surface area (Å²) in [5.74, 6) is 0.653. The molecule has 0 bridgehead atoms. The fraction of sp³-hybridized carbons (Fsp3) is 0.438. The Balaban J connectivity index is 0.000000425. The summed E-state index contributed by atoms with van der Waals surface area (Å²) in [6, 6.07) is 8.71. The molecule has 32 heavy (non-hydrogen) atoms. The van der Waals surface area contributed by atoms with Crippen molar-refractivity contribution < 1.29 is 0 Å². The van der Waals surface area contributed by atoms with Crippen molar-refractivity contribution >= 4 is 0 Å². The van der Waals surface area contributed by atoms with Crippen LogP contribution >= 0.6 is 0 Å². The fourth-order valence-corrected chi connectivity index (χ4v) is 4.02. The lowest BCUT2D eigenvalue weighted by Gasteiger charge is -2.32. The van der Waals surface area contributed by atoms with Crippen LogP contribution in [0.5, 0.6) is 0 Å². The van der Waals surface area contributed by atoms with Crippen LogP contribution < -0.4 is 0 Å². The molecule has 1 aliphatic carbocycles. The van der Waals surface area contributed by atoms with Crippen LogP contribution in [0.3, 0.4) is 0 Å². The van der Waals surface area contributed by atoms with Crippen LogP contribution in [0.15, 0.2) is 95.2 Å². The third-order valence-electron chi connectivity index (χ3n) is 5.99. The van der Waals surface area contributed by atoms with E-state index in [-0.39, 0.29) is 0 Å². The van der Waals surface area contributed by atoms with Crippen LogP contribution in [0.4, 0.5) is 0 Å². The van der Waals surface area contributed by atoms with Crippen LogP contribution in [0.1, 0.15) is 91.7 Å². The van der Waals surface area contributed by atoms with Gasteiger partial charge < -0.3 is 0 Å². The number of aryl methyl sites for hydroxylation is 1. The molecule has 1 aromatic carbocycles. The van der Waals surface area contributed by atoms with Gasteiger partial charge in [0.15, 0.2) is 0 Å². The molecule has 0 heteroatoms. The Morgan fingerprint density at radius 3 is 2.12 bits per heavy atom. The molecule has 0 saturated carbocycles. The summed E-state index contributed by atoms with van der Waals surface area (Å²) in [7, 11) is 0. The molecule has 0 saturated heterocycles. The van der Waals surface area contributed by atoms with Gasteiger partial charge in [-0.25, -0.2) is 0 Å². The number of benzene rings is 1. The predicted molar refractivity (Wildman–Crippen MR) is 146 cm³/mol. The van der Waals surface area contributed by atoms with Crippen molar-refractivity contribution in [3.63, 3.8) is 0 Å². The molecule has 0 N–H and O–H groups in total. The van der Waals surface area contributed by atoms with Crippen molar-refractivity contribution in [1.29, 1.82) is 0 Å². The van der Waals surface area contributed by atoms with Gasteiger partial charge in [0.05, 0.1) is 0 Å². The third-order valence-corrected chi connectivity index (χ3v) is 5.99. The largest absolute Gasteiger partial charge is 0.0961 e. The molecule has 2 rings (SSSR count). The highest BCUT2D eigenvalue weighted by Gasteiger charge is 2.26. The highest BCUT2D eigenvalue weighted by molar-refractivity contribution is 5.37. The molecule has 0 fully saturated rings. The summed E-state index contributed by atoms with van der Waals surface area (Å²) >= 11 is 0. The molecular weight excluding hydrogens is 384 g/mol. The molecule has 0 atom stereocenters. The molecule has 0 aliphatic heterocycles. The van der Waals surface area contributed by atoms with Crippen LogP contribution in [0.2, 0.25) is 0 Å². The standard InChI is InChI=1S/C22H32.C10H14/c1-17(2)16-19(4)11-8-10-18(3)13-14-21-20(5)12-9-15-22(21,6)7;1-8(2)10-6-4-9(3)5-7-10/h8,10-11,13-14,16H,1,9,12,15H2,2-7H3;4-8H,1-3H3/b11-8+,14-13+,18-10+,19-16+;. The Morgan fingerprint density at radius 2 is 1.59 bits per heavy atom. The van der Waals surface area contributed by atoms with Crippen LogP contribution in [0.25, 0.3) is 0 Å². The Labute approximate surface area is 199 Å². The third kappa shape index (κ3) is 10.3. The van der Waals surface area contributed by atoms with Crippen LogP contribution in [0, 0.1) is 12.3 Å². The second kappa shape index (κ2) is 13.3. The zero-order valence-electron chi connectivity index (χ0n) is 22.2. The first kappa shape index (κ1) is 27.7. The van der Waals surface area contributed by atoms with Gasteiger partial charge in [-0.2, -0.15) is 0 Å². The molecule has 0 amide bonds. The highest BCUT2D eigenvalue weighted by atomic mass is 14.3. The molecule has 0 heterocycles. The first-order chi connectivity index (χ1) is 14.9. The van der Waals surface area contributed by atoms with E-state index in [2.05, 4.69) is 123 Å². The van der Waals surface area contributed by atoms with Gasteiger partial charge in [0.1, 0.15) is 0 Å². The van der Waals surface area contributed by atoms with Gasteiger partial charge in [-0.3, -0.25) is 0 Å². The molecule has 1 aromatic rings. The molecule has 174 valence electrons. The monoisotopic (exact) mass is 430 g/mol. The van der Waals surface area contributed by atoms with E-state index in [0.29, 0.717) is 11.3 Å². The van der Waals surface area contributed by atoms with Gasteiger partial charge in [0, 0.05) is 0 Å². The Hall–Kier alpha value is -2.34. The topological polar surface area (TPSA) is 0 Å². The molecule has 0 radical (unpaired) electrons. The summed E-state index contributed by atoms with van der Waals surface area (Å²) in [5, 5.41) is 0. The maximum atomic E-state index is 3.90. The quantitative estimate of drug-likeness (QED) is 0.394. The maximum Gasteiger partial charge on any atom is -0.0104 e. The van der Waals surface area contributed by atoms with Gasteiger partial charge >= 0.3 is 0 Å². The zero-order chi connectivity index (χ0) is 24.3. The molecule has 0 aromatic heterocycles. The van der Waals surface area contributed by atoms with Gasteiger partial charge in [0.25, 0.3) is 0 Å². The van der Waals surface area contributed by atoms with Gasteiger partial charge in [-0.1, -0.05) is 123 Å². The average Bonchev–Trinajstić information content (AvgIpc) is 2.67. The van der Waals surface area contributed by atoms with E-state index in [1.54, 1.807) is 5.57 Å². The second-order valence-electron chi connectivity index (χ2n) is 10.3. The van der Waals surface area contributed by atoms with Crippen molar-refractivity contribution in [2.75, 3.05) is 0 Å². The minimum Gasteiger partial charge on any atom is -0.0961 e. The van der Waals surface area contributed by atoms with Crippen LogP contribution in [-0.2, 0) is 0 Å². The Morgan fingerprint density at radius 1 is 0.969 bits per heavy atom. The smallest absolute Gasteiger partial charge is 0.0104 e. The number of hydrogen-bond donors (Lipinski definition) is 0. The van der Waals surface area contributed by atoms with Crippen molar-refractivity contribution in [1.82, 2.24) is 0 Å². The van der Waals surface area contributed by atoms with E-state index in [1.807, 2.05) is 6.92 Å². The summed E-state index contributed by atoms with van der Waals surface area (Å²) < 4.78 is 0. The zero-order valence-corrected chi connectivity index (χ0v) is 22.2. The fourth-order valence-electron chi connectivity index (χ4n) is 4.02. The molecule has 0 unspecified atom stereocenters. The number of hydrogen-bond acceptors (Lipinski definition) is 0. The van der Waals surface area contributed by atoms with E-state index in [4.69, 9.17) is 0 Å². The summed E-state index contributed by atoms with van der Waals surface area (Å²) in [6.45, 7) is 23.7. The van der Waals surface area contributed by atoms with Crippen molar-refractivity contribution in [2.45, 2.75) is 87.5 Å². The molecule has 1 aliphatic rings. The minimum absolute atomic E-state index is 0.315. The van der Waals surface area contributed by atoms with Crippen molar-refractivity contribution in [3.05, 3.63) is 106 Å². The van der Waals surface area contributed by atoms with Gasteiger partial charge in [0.2, 0.25) is 0 Å². The summed E-state index contributed by atoms with van der Waals surface area (Å²) in [4.78, 5) is 0. The average molecular weight is 431 g/mol. The SMILES string of the molecule is C=C(C)/C=C(C)/C=C/C=C(C)/C=C/C1=C(C)CCCC1(C)C.Cc1ccc(C(C)C)cc1. The Bertz CT molecular complexity index is 890.